The number of sulfonamides is 1. The molecule has 1 amide bonds. The maximum Gasteiger partial charge on any atom is 0.387 e. The molecule has 31 heavy (non-hydrogen) atoms. The van der Waals surface area contributed by atoms with E-state index in [0.29, 0.717) is 5.56 Å². The molecule has 0 saturated carbocycles. The minimum atomic E-state index is -4.00. The van der Waals surface area contributed by atoms with Crippen LogP contribution in [-0.2, 0) is 10.0 Å². The number of para-hydroxylation sites is 1. The Hall–Kier alpha value is -3.17. The summed E-state index contributed by atoms with van der Waals surface area (Å²) < 4.78 is 57.2. The molecule has 3 aromatic carbocycles. The number of carbonyl (C=O) groups is 1. The van der Waals surface area contributed by atoms with Crippen molar-refractivity contribution in [2.45, 2.75) is 18.4 Å². The highest BCUT2D eigenvalue weighted by atomic mass is 35.5. The molecule has 6 nitrogen and oxygen atoms in total. The van der Waals surface area contributed by atoms with Gasteiger partial charge in [-0.3, -0.25) is 9.52 Å². The molecular formula is C21H17ClF2N2O4S. The van der Waals surface area contributed by atoms with Gasteiger partial charge in [-0.2, -0.15) is 8.78 Å². The first kappa shape index (κ1) is 22.5. The van der Waals surface area contributed by atoms with Gasteiger partial charge in [-0.25, -0.2) is 8.42 Å². The number of rotatable bonds is 7. The van der Waals surface area contributed by atoms with Crippen LogP contribution in [0.5, 0.6) is 5.75 Å². The molecule has 0 saturated heterocycles. The van der Waals surface area contributed by atoms with E-state index >= 15 is 0 Å². The van der Waals surface area contributed by atoms with E-state index < -0.39 is 22.5 Å². The lowest BCUT2D eigenvalue weighted by atomic mass is 10.2. The number of halogens is 3. The van der Waals surface area contributed by atoms with Crippen molar-refractivity contribution >= 4 is 38.9 Å². The SMILES string of the molecule is Cc1ccc(NC(=O)c2cccc(OC(F)F)c2)cc1S(=O)(=O)Nc1ccccc1Cl. The van der Waals surface area contributed by atoms with Crippen molar-refractivity contribution in [1.82, 2.24) is 0 Å². The molecule has 162 valence electrons. The second kappa shape index (κ2) is 9.32. The minimum absolute atomic E-state index is 0.0556. The quantitative estimate of drug-likeness (QED) is 0.494. The van der Waals surface area contributed by atoms with Crippen molar-refractivity contribution < 1.29 is 26.7 Å². The second-order valence-electron chi connectivity index (χ2n) is 6.43. The zero-order chi connectivity index (χ0) is 22.6. The summed E-state index contributed by atoms with van der Waals surface area (Å²) in [6.45, 7) is -1.41. The van der Waals surface area contributed by atoms with Gasteiger partial charge in [0.05, 0.1) is 15.6 Å². The molecular weight excluding hydrogens is 450 g/mol. The molecule has 0 aliphatic heterocycles. The number of amides is 1. The summed E-state index contributed by atoms with van der Waals surface area (Å²) in [7, 11) is -4.00. The maximum absolute atomic E-state index is 12.9. The summed E-state index contributed by atoms with van der Waals surface area (Å²) in [4.78, 5) is 12.4. The third kappa shape index (κ3) is 5.71. The highest BCUT2D eigenvalue weighted by Crippen LogP contribution is 2.27. The molecule has 0 bridgehead atoms. The molecule has 0 unspecified atom stereocenters. The molecule has 0 fully saturated rings. The van der Waals surface area contributed by atoms with Crippen LogP contribution in [0.1, 0.15) is 15.9 Å². The Bertz CT molecular complexity index is 1220. The van der Waals surface area contributed by atoms with Gasteiger partial charge in [0.15, 0.2) is 0 Å². The van der Waals surface area contributed by atoms with Crippen LogP contribution in [0.25, 0.3) is 0 Å². The molecule has 0 aliphatic rings. The number of anilines is 2. The smallest absolute Gasteiger partial charge is 0.387 e. The topological polar surface area (TPSA) is 84.5 Å². The van der Waals surface area contributed by atoms with Crippen LogP contribution >= 0.6 is 11.6 Å². The van der Waals surface area contributed by atoms with E-state index in [4.69, 9.17) is 11.6 Å². The highest BCUT2D eigenvalue weighted by Gasteiger charge is 2.19. The van der Waals surface area contributed by atoms with Gasteiger partial charge in [-0.1, -0.05) is 35.9 Å². The number of benzene rings is 3. The fourth-order valence-electron chi connectivity index (χ4n) is 2.73. The van der Waals surface area contributed by atoms with Crippen molar-refractivity contribution in [2.75, 3.05) is 10.0 Å². The Balaban J connectivity index is 1.84. The Labute approximate surface area is 182 Å². The minimum Gasteiger partial charge on any atom is -0.435 e. The molecule has 10 heteroatoms. The van der Waals surface area contributed by atoms with Gasteiger partial charge in [-0.15, -0.1) is 0 Å². The molecule has 0 spiro atoms. The van der Waals surface area contributed by atoms with Gasteiger partial charge < -0.3 is 10.1 Å². The number of aryl methyl sites for hydroxylation is 1. The maximum atomic E-state index is 12.9. The third-order valence-corrected chi connectivity index (χ3v) is 6.01. The summed E-state index contributed by atoms with van der Waals surface area (Å²) in [5.74, 6) is -0.787. The Morgan fingerprint density at radius 2 is 1.77 bits per heavy atom. The van der Waals surface area contributed by atoms with Crippen molar-refractivity contribution in [1.29, 1.82) is 0 Å². The number of hydrogen-bond acceptors (Lipinski definition) is 4. The highest BCUT2D eigenvalue weighted by molar-refractivity contribution is 7.92. The largest absolute Gasteiger partial charge is 0.435 e. The lowest BCUT2D eigenvalue weighted by Gasteiger charge is -2.13. The van der Waals surface area contributed by atoms with Crippen LogP contribution < -0.4 is 14.8 Å². The van der Waals surface area contributed by atoms with E-state index in [9.17, 15) is 22.0 Å². The van der Waals surface area contributed by atoms with Gasteiger partial charge in [-0.05, 0) is 55.0 Å². The van der Waals surface area contributed by atoms with Crippen LogP contribution in [0, 0.1) is 6.92 Å². The van der Waals surface area contributed by atoms with Crippen molar-refractivity contribution in [3.05, 3.63) is 82.9 Å². The van der Waals surface area contributed by atoms with E-state index in [-0.39, 0.29) is 32.6 Å². The molecule has 3 rings (SSSR count). The summed E-state index contributed by atoms with van der Waals surface area (Å²) in [5, 5.41) is 2.79. The summed E-state index contributed by atoms with van der Waals surface area (Å²) >= 11 is 6.03. The first-order valence-electron chi connectivity index (χ1n) is 8.90. The van der Waals surface area contributed by atoms with Crippen molar-refractivity contribution in [3.8, 4) is 5.75 Å². The van der Waals surface area contributed by atoms with Crippen LogP contribution in [0.3, 0.4) is 0 Å². The summed E-state index contributed by atoms with van der Waals surface area (Å²) in [5.41, 5.74) is 0.936. The Kier molecular flexibility index (Phi) is 6.77. The number of nitrogens with one attached hydrogen (secondary N) is 2. The molecule has 0 atom stereocenters. The van der Waals surface area contributed by atoms with E-state index in [2.05, 4.69) is 14.8 Å². The Morgan fingerprint density at radius 1 is 1.03 bits per heavy atom. The molecule has 3 aromatic rings. The molecule has 2 N–H and O–H groups in total. The molecule has 0 heterocycles. The first-order valence-corrected chi connectivity index (χ1v) is 10.8. The van der Waals surface area contributed by atoms with Crippen LogP contribution in [0.15, 0.2) is 71.6 Å². The zero-order valence-electron chi connectivity index (χ0n) is 16.1. The van der Waals surface area contributed by atoms with Crippen LogP contribution in [0.2, 0.25) is 5.02 Å². The van der Waals surface area contributed by atoms with E-state index in [1.54, 1.807) is 25.1 Å². The molecule has 0 aliphatic carbocycles. The van der Waals surface area contributed by atoms with E-state index in [0.717, 1.165) is 6.07 Å². The van der Waals surface area contributed by atoms with Crippen LogP contribution in [-0.4, -0.2) is 20.9 Å². The molecule has 0 aromatic heterocycles. The first-order chi connectivity index (χ1) is 14.7. The fourth-order valence-corrected chi connectivity index (χ4v) is 4.32. The van der Waals surface area contributed by atoms with Gasteiger partial charge in [0, 0.05) is 11.3 Å². The van der Waals surface area contributed by atoms with E-state index in [1.165, 1.54) is 42.5 Å². The average Bonchev–Trinajstić information content (AvgIpc) is 2.70. The standard InChI is InChI=1S/C21H17ClF2N2O4S/c1-13-9-10-15(25-20(27)14-5-4-6-16(11-14)30-21(23)24)12-19(13)31(28,29)26-18-8-3-2-7-17(18)22/h2-12,21,26H,1H3,(H,25,27). The number of carbonyl (C=O) groups excluding carboxylic acids is 1. The summed E-state index contributed by atoms with van der Waals surface area (Å²) in [6, 6.07) is 16.0. The monoisotopic (exact) mass is 466 g/mol. The normalized spacial score (nSPS) is 11.3. The van der Waals surface area contributed by atoms with Crippen molar-refractivity contribution in [3.63, 3.8) is 0 Å². The Morgan fingerprint density at radius 3 is 2.48 bits per heavy atom. The van der Waals surface area contributed by atoms with Gasteiger partial charge >= 0.3 is 6.61 Å². The van der Waals surface area contributed by atoms with Crippen LogP contribution in [0.4, 0.5) is 20.2 Å². The number of hydrogen-bond donors (Lipinski definition) is 2. The van der Waals surface area contributed by atoms with E-state index in [1.807, 2.05) is 0 Å². The summed E-state index contributed by atoms with van der Waals surface area (Å²) in [6.07, 6.45) is 0. The second-order valence-corrected chi connectivity index (χ2v) is 8.48. The number of alkyl halides is 2. The zero-order valence-corrected chi connectivity index (χ0v) is 17.7. The average molecular weight is 467 g/mol. The van der Waals surface area contributed by atoms with Gasteiger partial charge in [0.2, 0.25) is 0 Å². The van der Waals surface area contributed by atoms with Gasteiger partial charge in [0.1, 0.15) is 5.75 Å². The van der Waals surface area contributed by atoms with Gasteiger partial charge in [0.25, 0.3) is 15.9 Å². The lowest BCUT2D eigenvalue weighted by molar-refractivity contribution is -0.0498. The predicted octanol–water partition coefficient (Wildman–Crippen LogP) is 5.30. The fraction of sp³-hybridized carbons (Fsp3) is 0.0952. The third-order valence-electron chi connectivity index (χ3n) is 4.18. The lowest BCUT2D eigenvalue weighted by Crippen LogP contribution is -2.16. The number of ether oxygens (including phenoxy) is 1. The van der Waals surface area contributed by atoms with Crippen molar-refractivity contribution in [2.24, 2.45) is 0 Å². The predicted molar refractivity (Wildman–Crippen MR) is 114 cm³/mol. The molecule has 0 radical (unpaired) electrons.